The van der Waals surface area contributed by atoms with Gasteiger partial charge in [-0.05, 0) is 38.3 Å². The predicted molar refractivity (Wildman–Crippen MR) is 93.8 cm³/mol. The number of benzene rings is 1. The average molecular weight is 340 g/mol. The first kappa shape index (κ1) is 19.5. The number of hydrogen-bond donors (Lipinski definition) is 3. The molecule has 1 heterocycles. The summed E-state index contributed by atoms with van der Waals surface area (Å²) in [5, 5.41) is 8.87. The number of aryl methyl sites for hydroxylation is 2. The molecule has 1 aliphatic heterocycles. The molecule has 1 saturated heterocycles. The molecule has 0 radical (unpaired) electrons. The van der Waals surface area contributed by atoms with Gasteiger partial charge in [-0.3, -0.25) is 9.59 Å². The van der Waals surface area contributed by atoms with Crippen LogP contribution < -0.4 is 16.0 Å². The molecule has 0 spiro atoms. The maximum absolute atomic E-state index is 11.8. The Labute approximate surface area is 144 Å². The number of carbonyl (C=O) groups excluding carboxylic acids is 2. The zero-order valence-electron chi connectivity index (χ0n) is 13.6. The molecule has 1 unspecified atom stereocenters. The van der Waals surface area contributed by atoms with Gasteiger partial charge < -0.3 is 16.0 Å². The van der Waals surface area contributed by atoms with Crippen LogP contribution >= 0.6 is 12.4 Å². The highest BCUT2D eigenvalue weighted by Gasteiger charge is 2.15. The summed E-state index contributed by atoms with van der Waals surface area (Å²) in [5.41, 5.74) is 2.35. The summed E-state index contributed by atoms with van der Waals surface area (Å²) in [5.74, 6) is -0.199. The summed E-state index contributed by atoms with van der Waals surface area (Å²) in [4.78, 5) is 23.6. The molecule has 1 atom stereocenters. The van der Waals surface area contributed by atoms with Gasteiger partial charge in [-0.2, -0.15) is 0 Å². The molecule has 0 aromatic heterocycles. The monoisotopic (exact) mass is 339 g/mol. The summed E-state index contributed by atoms with van der Waals surface area (Å²) in [6.45, 7) is 3.93. The van der Waals surface area contributed by atoms with Gasteiger partial charge in [-0.1, -0.05) is 29.8 Å². The van der Waals surface area contributed by atoms with Crippen molar-refractivity contribution >= 4 is 24.2 Å². The molecule has 1 fully saturated rings. The number of amides is 2. The van der Waals surface area contributed by atoms with Gasteiger partial charge in [-0.25, -0.2) is 0 Å². The van der Waals surface area contributed by atoms with Crippen molar-refractivity contribution in [1.82, 2.24) is 16.0 Å². The number of nitrogens with one attached hydrogen (secondary N) is 3. The molecule has 6 heteroatoms. The van der Waals surface area contributed by atoms with Crippen LogP contribution in [0, 0.1) is 6.92 Å². The minimum absolute atomic E-state index is 0. The Morgan fingerprint density at radius 2 is 1.96 bits per heavy atom. The second kappa shape index (κ2) is 10.2. The minimum Gasteiger partial charge on any atom is -0.351 e. The van der Waals surface area contributed by atoms with E-state index in [1.165, 1.54) is 5.56 Å². The van der Waals surface area contributed by atoms with E-state index >= 15 is 0 Å². The summed E-state index contributed by atoms with van der Waals surface area (Å²) >= 11 is 0. The van der Waals surface area contributed by atoms with Gasteiger partial charge in [0.15, 0.2) is 0 Å². The standard InChI is InChI=1S/C17H25N3O2.ClH/c1-13-4-6-14(7-5-13)8-9-16(21)19-12-17(22)20-15-3-2-10-18-11-15;/h4-7,15,18H,2-3,8-12H2,1H3,(H,19,21)(H,20,22);1H. The highest BCUT2D eigenvalue weighted by Crippen LogP contribution is 2.05. The van der Waals surface area contributed by atoms with E-state index in [4.69, 9.17) is 0 Å². The maximum atomic E-state index is 11.8. The Kier molecular flexibility index (Phi) is 8.66. The van der Waals surface area contributed by atoms with Crippen LogP contribution in [-0.4, -0.2) is 37.5 Å². The number of rotatable bonds is 6. The van der Waals surface area contributed by atoms with Crippen molar-refractivity contribution in [3.8, 4) is 0 Å². The van der Waals surface area contributed by atoms with Crippen molar-refractivity contribution in [2.45, 2.75) is 38.6 Å². The molecule has 1 aliphatic rings. The van der Waals surface area contributed by atoms with Crippen molar-refractivity contribution < 1.29 is 9.59 Å². The van der Waals surface area contributed by atoms with Crippen LogP contribution in [0.1, 0.15) is 30.4 Å². The Morgan fingerprint density at radius 1 is 1.22 bits per heavy atom. The quantitative estimate of drug-likeness (QED) is 0.732. The highest BCUT2D eigenvalue weighted by molar-refractivity contribution is 5.85. The highest BCUT2D eigenvalue weighted by atomic mass is 35.5. The third-order valence-electron chi connectivity index (χ3n) is 3.87. The fourth-order valence-corrected chi connectivity index (χ4v) is 2.53. The Bertz CT molecular complexity index is 499. The molecular formula is C17H26ClN3O2. The molecular weight excluding hydrogens is 314 g/mol. The molecule has 0 bridgehead atoms. The molecule has 5 nitrogen and oxygen atoms in total. The maximum Gasteiger partial charge on any atom is 0.239 e. The van der Waals surface area contributed by atoms with E-state index < -0.39 is 0 Å². The molecule has 1 aromatic carbocycles. The van der Waals surface area contributed by atoms with E-state index in [0.717, 1.165) is 31.5 Å². The van der Waals surface area contributed by atoms with E-state index in [9.17, 15) is 9.59 Å². The molecule has 2 rings (SSSR count). The lowest BCUT2D eigenvalue weighted by Gasteiger charge is -2.23. The zero-order valence-corrected chi connectivity index (χ0v) is 14.4. The molecule has 3 N–H and O–H groups in total. The van der Waals surface area contributed by atoms with Gasteiger partial charge in [-0.15, -0.1) is 12.4 Å². The molecule has 1 aromatic rings. The molecule has 23 heavy (non-hydrogen) atoms. The zero-order chi connectivity index (χ0) is 15.8. The van der Waals surface area contributed by atoms with Crippen molar-refractivity contribution in [3.05, 3.63) is 35.4 Å². The first-order valence-electron chi connectivity index (χ1n) is 7.96. The number of piperidine rings is 1. The largest absolute Gasteiger partial charge is 0.351 e. The van der Waals surface area contributed by atoms with Gasteiger partial charge >= 0.3 is 0 Å². The number of hydrogen-bond acceptors (Lipinski definition) is 3. The van der Waals surface area contributed by atoms with Crippen LogP contribution in [0.3, 0.4) is 0 Å². The predicted octanol–water partition coefficient (Wildman–Crippen LogP) is 1.33. The minimum atomic E-state index is -0.114. The Hall–Kier alpha value is -1.59. The normalized spacial score (nSPS) is 17.0. The van der Waals surface area contributed by atoms with Crippen molar-refractivity contribution in [1.29, 1.82) is 0 Å². The van der Waals surface area contributed by atoms with Gasteiger partial charge in [0.2, 0.25) is 11.8 Å². The van der Waals surface area contributed by atoms with E-state index in [1.807, 2.05) is 31.2 Å². The van der Waals surface area contributed by atoms with Gasteiger partial charge in [0.1, 0.15) is 0 Å². The van der Waals surface area contributed by atoms with Crippen LogP contribution in [0.25, 0.3) is 0 Å². The van der Waals surface area contributed by atoms with Gasteiger partial charge in [0, 0.05) is 19.0 Å². The van der Waals surface area contributed by atoms with E-state index in [-0.39, 0.29) is 36.8 Å². The van der Waals surface area contributed by atoms with Gasteiger partial charge in [0.05, 0.1) is 6.54 Å². The van der Waals surface area contributed by atoms with Crippen molar-refractivity contribution in [2.24, 2.45) is 0 Å². The average Bonchev–Trinajstić information content (AvgIpc) is 2.53. The van der Waals surface area contributed by atoms with Crippen LogP contribution in [0.5, 0.6) is 0 Å². The van der Waals surface area contributed by atoms with E-state index in [0.29, 0.717) is 12.8 Å². The third-order valence-corrected chi connectivity index (χ3v) is 3.87. The number of carbonyl (C=O) groups is 2. The van der Waals surface area contributed by atoms with Crippen LogP contribution in [0.4, 0.5) is 0 Å². The van der Waals surface area contributed by atoms with Crippen LogP contribution in [0.2, 0.25) is 0 Å². The lowest BCUT2D eigenvalue weighted by Crippen LogP contribution is -2.48. The molecule has 2 amide bonds. The third kappa shape index (κ3) is 7.48. The molecule has 0 saturated carbocycles. The van der Waals surface area contributed by atoms with Crippen molar-refractivity contribution in [3.63, 3.8) is 0 Å². The van der Waals surface area contributed by atoms with Crippen molar-refractivity contribution in [2.75, 3.05) is 19.6 Å². The summed E-state index contributed by atoms with van der Waals surface area (Å²) in [7, 11) is 0. The summed E-state index contributed by atoms with van der Waals surface area (Å²) < 4.78 is 0. The van der Waals surface area contributed by atoms with Gasteiger partial charge in [0.25, 0.3) is 0 Å². The topological polar surface area (TPSA) is 70.2 Å². The first-order valence-corrected chi connectivity index (χ1v) is 7.96. The van der Waals surface area contributed by atoms with E-state index in [1.54, 1.807) is 0 Å². The number of halogens is 1. The Morgan fingerprint density at radius 3 is 2.61 bits per heavy atom. The van der Waals surface area contributed by atoms with Crippen LogP contribution in [-0.2, 0) is 16.0 Å². The summed E-state index contributed by atoms with van der Waals surface area (Å²) in [6.07, 6.45) is 3.18. The summed E-state index contributed by atoms with van der Waals surface area (Å²) in [6, 6.07) is 8.33. The van der Waals surface area contributed by atoms with E-state index in [2.05, 4.69) is 16.0 Å². The lowest BCUT2D eigenvalue weighted by atomic mass is 10.1. The molecule has 128 valence electrons. The first-order chi connectivity index (χ1) is 10.6. The Balaban J connectivity index is 0.00000264. The fourth-order valence-electron chi connectivity index (χ4n) is 2.53. The SMILES string of the molecule is Cc1ccc(CCC(=O)NCC(=O)NC2CCCNC2)cc1.Cl. The smallest absolute Gasteiger partial charge is 0.239 e. The molecule has 0 aliphatic carbocycles. The fraction of sp³-hybridized carbons (Fsp3) is 0.529. The van der Waals surface area contributed by atoms with Crippen LogP contribution in [0.15, 0.2) is 24.3 Å². The second-order valence-corrected chi connectivity index (χ2v) is 5.87. The lowest BCUT2D eigenvalue weighted by molar-refractivity contribution is -0.126. The second-order valence-electron chi connectivity index (χ2n) is 5.87.